The first-order chi connectivity index (χ1) is 19.0. The van der Waals surface area contributed by atoms with Gasteiger partial charge in [0.05, 0.1) is 6.54 Å². The first-order valence-electron chi connectivity index (χ1n) is 14.6. The van der Waals surface area contributed by atoms with Crippen LogP contribution in [0.4, 0.5) is 0 Å². The maximum absolute atomic E-state index is 14.3. The van der Waals surface area contributed by atoms with Gasteiger partial charge in [-0.1, -0.05) is 71.2 Å². The smallest absolute Gasteiger partial charge is 0.295 e. The van der Waals surface area contributed by atoms with E-state index in [0.29, 0.717) is 30.1 Å². The van der Waals surface area contributed by atoms with Crippen LogP contribution in [0.5, 0.6) is 0 Å². The molecule has 4 aromatic rings. The summed E-state index contributed by atoms with van der Waals surface area (Å²) in [6.07, 6.45) is 13.7. The predicted molar refractivity (Wildman–Crippen MR) is 154 cm³/mol. The highest BCUT2D eigenvalue weighted by Crippen LogP contribution is 2.43. The third-order valence-corrected chi connectivity index (χ3v) is 8.66. The lowest BCUT2D eigenvalue weighted by Gasteiger charge is -2.40. The zero-order chi connectivity index (χ0) is 27.4. The number of benzene rings is 1. The summed E-state index contributed by atoms with van der Waals surface area (Å²) in [7, 11) is 0. The van der Waals surface area contributed by atoms with Gasteiger partial charge in [0.1, 0.15) is 0 Å². The van der Waals surface area contributed by atoms with Crippen molar-refractivity contribution in [1.82, 2.24) is 34.7 Å². The molecule has 1 aliphatic carbocycles. The molecular weight excluding hydrogens is 486 g/mol. The molecule has 8 nitrogen and oxygen atoms in total. The summed E-state index contributed by atoms with van der Waals surface area (Å²) in [5.41, 5.74) is 5.19. The van der Waals surface area contributed by atoms with Gasteiger partial charge in [-0.3, -0.25) is 14.1 Å². The van der Waals surface area contributed by atoms with Crippen LogP contribution >= 0.6 is 0 Å². The van der Waals surface area contributed by atoms with Crippen molar-refractivity contribution in [1.29, 1.82) is 0 Å². The maximum Gasteiger partial charge on any atom is 0.328 e. The third-order valence-electron chi connectivity index (χ3n) is 8.66. The first-order valence-corrected chi connectivity index (χ1v) is 14.6. The average Bonchev–Trinajstić information content (AvgIpc) is 3.60. The number of pyridine rings is 1. The Bertz CT molecular complexity index is 1420. The Labute approximate surface area is 230 Å². The number of nitrogens with one attached hydrogen (secondary N) is 1. The van der Waals surface area contributed by atoms with Gasteiger partial charge in [0.15, 0.2) is 5.82 Å². The Morgan fingerprint density at radius 2 is 1.90 bits per heavy atom. The summed E-state index contributed by atoms with van der Waals surface area (Å²) < 4.78 is 4.13. The van der Waals surface area contributed by atoms with E-state index < -0.39 is 0 Å². The number of aryl methyl sites for hydroxylation is 1. The van der Waals surface area contributed by atoms with Crippen molar-refractivity contribution >= 4 is 0 Å². The number of nitrogens with zero attached hydrogens (tertiary/aromatic N) is 6. The van der Waals surface area contributed by atoms with Crippen LogP contribution in [0, 0.1) is 17.8 Å². The van der Waals surface area contributed by atoms with Crippen molar-refractivity contribution in [3.8, 4) is 22.5 Å². The second-order valence-corrected chi connectivity index (χ2v) is 11.3. The molecule has 1 N–H and O–H groups in total. The SMILES string of the molecule is CCCCc1cn(C2C(CC)CCCC2C(C)C)c(=O)n1Cc1cnccc1-c1ccccc1-c1nnn[nH]1. The zero-order valence-corrected chi connectivity index (χ0v) is 23.7. The molecule has 39 heavy (non-hydrogen) atoms. The Kier molecular flexibility index (Phi) is 8.38. The number of hydrogen-bond donors (Lipinski definition) is 1. The first kappa shape index (κ1) is 27.0. The van der Waals surface area contributed by atoms with E-state index in [2.05, 4.69) is 70.1 Å². The monoisotopic (exact) mass is 527 g/mol. The highest BCUT2D eigenvalue weighted by atomic mass is 16.1. The third kappa shape index (κ3) is 5.47. The fraction of sp³-hybridized carbons (Fsp3) is 0.516. The van der Waals surface area contributed by atoms with Crippen molar-refractivity contribution in [2.45, 2.75) is 85.2 Å². The summed E-state index contributed by atoms with van der Waals surface area (Å²) in [5.74, 6) is 2.22. The van der Waals surface area contributed by atoms with E-state index in [1.165, 1.54) is 19.3 Å². The van der Waals surface area contributed by atoms with Crippen LogP contribution in [-0.2, 0) is 13.0 Å². The van der Waals surface area contributed by atoms with Crippen molar-refractivity contribution in [3.63, 3.8) is 0 Å². The van der Waals surface area contributed by atoms with Gasteiger partial charge in [-0.25, -0.2) is 9.89 Å². The average molecular weight is 528 g/mol. The number of aromatic nitrogens is 7. The lowest BCUT2D eigenvalue weighted by molar-refractivity contribution is 0.113. The summed E-state index contributed by atoms with van der Waals surface area (Å²) >= 11 is 0. The predicted octanol–water partition coefficient (Wildman–Crippen LogP) is 6.31. The number of aromatic amines is 1. The van der Waals surface area contributed by atoms with E-state index in [1.54, 1.807) is 6.20 Å². The molecule has 3 heterocycles. The Hall–Kier alpha value is -3.55. The molecule has 0 saturated heterocycles. The normalized spacial score (nSPS) is 19.6. The molecule has 3 aromatic heterocycles. The minimum absolute atomic E-state index is 0.111. The van der Waals surface area contributed by atoms with Crippen LogP contribution in [-0.4, -0.2) is 34.7 Å². The van der Waals surface area contributed by atoms with Crippen LogP contribution in [0.1, 0.15) is 83.5 Å². The van der Waals surface area contributed by atoms with Gasteiger partial charge in [0, 0.05) is 35.9 Å². The molecule has 3 unspecified atom stereocenters. The van der Waals surface area contributed by atoms with Gasteiger partial charge in [0.25, 0.3) is 0 Å². The van der Waals surface area contributed by atoms with Crippen molar-refractivity contribution in [2.24, 2.45) is 17.8 Å². The van der Waals surface area contributed by atoms with Gasteiger partial charge in [-0.05, 0) is 76.6 Å². The lowest BCUT2D eigenvalue weighted by Crippen LogP contribution is -2.39. The molecule has 0 amide bonds. The molecule has 0 radical (unpaired) electrons. The molecule has 1 fully saturated rings. The number of H-pyrrole nitrogens is 1. The Balaban J connectivity index is 1.59. The molecule has 1 aliphatic rings. The van der Waals surface area contributed by atoms with Crippen molar-refractivity contribution in [2.75, 3.05) is 0 Å². The molecular formula is C31H41N7O. The minimum Gasteiger partial charge on any atom is -0.295 e. The zero-order valence-electron chi connectivity index (χ0n) is 23.7. The summed E-state index contributed by atoms with van der Waals surface area (Å²) in [4.78, 5) is 18.7. The molecule has 5 rings (SSSR count). The van der Waals surface area contributed by atoms with E-state index in [4.69, 9.17) is 0 Å². The highest BCUT2D eigenvalue weighted by Gasteiger charge is 2.37. The molecule has 0 spiro atoms. The van der Waals surface area contributed by atoms with E-state index >= 15 is 0 Å². The van der Waals surface area contributed by atoms with Crippen LogP contribution in [0.2, 0.25) is 0 Å². The van der Waals surface area contributed by atoms with Crippen LogP contribution in [0.3, 0.4) is 0 Å². The molecule has 0 aliphatic heterocycles. The van der Waals surface area contributed by atoms with Gasteiger partial charge < -0.3 is 0 Å². The largest absolute Gasteiger partial charge is 0.328 e. The van der Waals surface area contributed by atoms with Gasteiger partial charge >= 0.3 is 5.69 Å². The second kappa shape index (κ2) is 12.1. The number of hydrogen-bond acceptors (Lipinski definition) is 5. The van der Waals surface area contributed by atoms with E-state index in [0.717, 1.165) is 53.6 Å². The fourth-order valence-electron chi connectivity index (χ4n) is 6.59. The number of imidazole rings is 1. The van der Waals surface area contributed by atoms with Gasteiger partial charge in [0.2, 0.25) is 0 Å². The quantitative estimate of drug-likeness (QED) is 0.261. The maximum atomic E-state index is 14.3. The second-order valence-electron chi connectivity index (χ2n) is 11.3. The van der Waals surface area contributed by atoms with Crippen molar-refractivity contribution < 1.29 is 0 Å². The summed E-state index contributed by atoms with van der Waals surface area (Å²) in [6.45, 7) is 9.60. The number of tetrazole rings is 1. The van der Waals surface area contributed by atoms with Gasteiger partial charge in [-0.2, -0.15) is 0 Å². The van der Waals surface area contributed by atoms with E-state index in [9.17, 15) is 4.79 Å². The molecule has 3 atom stereocenters. The van der Waals surface area contributed by atoms with Crippen LogP contribution in [0.15, 0.2) is 53.7 Å². The molecule has 1 saturated carbocycles. The summed E-state index contributed by atoms with van der Waals surface area (Å²) in [6, 6.07) is 10.4. The van der Waals surface area contributed by atoms with Gasteiger partial charge in [-0.15, -0.1) is 5.10 Å². The standard InChI is InChI=1S/C31H41N7O/c1-5-7-12-24-20-38(29-22(6-2)11-10-15-25(29)21(3)4)31(39)37(24)19-23-18-32-17-16-26(23)27-13-8-9-14-28(27)30-33-35-36-34-30/h8-9,13-14,16-18,20-22,25,29H,5-7,10-12,15,19H2,1-4H3,(H,33,34,35,36). The molecule has 1 aromatic carbocycles. The lowest BCUT2D eigenvalue weighted by atomic mass is 9.71. The molecule has 0 bridgehead atoms. The Morgan fingerprint density at radius 3 is 2.62 bits per heavy atom. The highest BCUT2D eigenvalue weighted by molar-refractivity contribution is 5.81. The Morgan fingerprint density at radius 1 is 1.08 bits per heavy atom. The fourth-order valence-corrected chi connectivity index (χ4v) is 6.59. The number of unbranched alkanes of at least 4 members (excludes halogenated alkanes) is 1. The number of rotatable bonds is 10. The van der Waals surface area contributed by atoms with Crippen LogP contribution in [0.25, 0.3) is 22.5 Å². The van der Waals surface area contributed by atoms with Crippen molar-refractivity contribution in [3.05, 3.63) is 70.7 Å². The van der Waals surface area contributed by atoms with E-state index in [1.807, 2.05) is 35.0 Å². The van der Waals surface area contributed by atoms with Crippen LogP contribution < -0.4 is 5.69 Å². The molecule has 8 heteroatoms. The van der Waals surface area contributed by atoms with E-state index in [-0.39, 0.29) is 11.7 Å². The molecule has 206 valence electrons. The summed E-state index contributed by atoms with van der Waals surface area (Å²) in [5, 5.41) is 14.6. The topological polar surface area (TPSA) is 94.3 Å². The minimum atomic E-state index is 0.111.